The lowest BCUT2D eigenvalue weighted by molar-refractivity contribution is 0.415. The number of benzene rings is 8. The molecule has 1 heterocycles. The molecule has 0 aliphatic heterocycles. The van der Waals surface area contributed by atoms with Gasteiger partial charge in [0.2, 0.25) is 0 Å². The van der Waals surface area contributed by atoms with Crippen molar-refractivity contribution in [2.45, 2.75) is 12.8 Å². The van der Waals surface area contributed by atoms with E-state index in [0.717, 1.165) is 35.7 Å². The third-order valence-electron chi connectivity index (χ3n) is 11.4. The molecule has 0 radical (unpaired) electrons. The maximum atomic E-state index is 5.35. The summed E-state index contributed by atoms with van der Waals surface area (Å²) in [5.41, 5.74) is 17.9. The van der Waals surface area contributed by atoms with E-state index in [9.17, 15) is 0 Å². The van der Waals surface area contributed by atoms with Gasteiger partial charge in [0.15, 0.2) is 0 Å². The van der Waals surface area contributed by atoms with E-state index in [2.05, 4.69) is 210 Å². The first-order chi connectivity index (χ1) is 28.7. The van der Waals surface area contributed by atoms with Gasteiger partial charge in [0, 0.05) is 33.8 Å². The SMILES string of the molecule is COc1ccc(-c2ccc(-c3ccc(N(c4ccc(-c5ccccc5)cc4)c4ccc(-c5cccc(-n6c7c(c8ccccc86)CCC=C7)c5)cc4)cc3)cc2)cc1. The van der Waals surface area contributed by atoms with E-state index in [4.69, 9.17) is 4.74 Å². The number of hydrogen-bond donors (Lipinski definition) is 0. The molecule has 3 heteroatoms. The molecule has 1 aromatic heterocycles. The number of methoxy groups -OCH3 is 1. The van der Waals surface area contributed by atoms with Crippen LogP contribution in [0.15, 0.2) is 206 Å². The van der Waals surface area contributed by atoms with E-state index >= 15 is 0 Å². The molecule has 0 N–H and O–H groups in total. The number of allylic oxidation sites excluding steroid dienone is 1. The summed E-state index contributed by atoms with van der Waals surface area (Å²) in [5.74, 6) is 0.862. The smallest absolute Gasteiger partial charge is 0.118 e. The Morgan fingerprint density at radius 2 is 0.914 bits per heavy atom. The lowest BCUT2D eigenvalue weighted by Gasteiger charge is -2.26. The van der Waals surface area contributed by atoms with Crippen LogP contribution in [0.5, 0.6) is 5.75 Å². The molecule has 0 saturated carbocycles. The molecule has 0 unspecified atom stereocenters. The summed E-state index contributed by atoms with van der Waals surface area (Å²) < 4.78 is 7.77. The minimum absolute atomic E-state index is 0.862. The molecule has 58 heavy (non-hydrogen) atoms. The lowest BCUT2D eigenvalue weighted by atomic mass is 9.99. The van der Waals surface area contributed by atoms with Crippen molar-refractivity contribution >= 4 is 34.0 Å². The van der Waals surface area contributed by atoms with Crippen LogP contribution in [-0.4, -0.2) is 11.7 Å². The normalized spacial score (nSPS) is 12.0. The quantitative estimate of drug-likeness (QED) is 0.146. The van der Waals surface area contributed by atoms with Crippen molar-refractivity contribution in [2.24, 2.45) is 0 Å². The predicted octanol–water partition coefficient (Wildman–Crippen LogP) is 14.7. The van der Waals surface area contributed by atoms with Gasteiger partial charge in [0.1, 0.15) is 5.75 Å². The molecule has 9 aromatic rings. The first-order valence-corrected chi connectivity index (χ1v) is 20.0. The zero-order valence-corrected chi connectivity index (χ0v) is 32.4. The van der Waals surface area contributed by atoms with E-state index in [0.29, 0.717) is 0 Å². The Morgan fingerprint density at radius 3 is 1.48 bits per heavy atom. The fourth-order valence-electron chi connectivity index (χ4n) is 8.42. The first-order valence-electron chi connectivity index (χ1n) is 20.0. The molecule has 3 nitrogen and oxygen atoms in total. The van der Waals surface area contributed by atoms with Crippen molar-refractivity contribution in [3.63, 3.8) is 0 Å². The van der Waals surface area contributed by atoms with Crippen molar-refractivity contribution in [3.05, 3.63) is 218 Å². The highest BCUT2D eigenvalue weighted by molar-refractivity contribution is 5.91. The zero-order chi connectivity index (χ0) is 38.8. The molecule has 0 spiro atoms. The lowest BCUT2D eigenvalue weighted by Crippen LogP contribution is -2.09. The second-order valence-electron chi connectivity index (χ2n) is 14.9. The molecule has 0 fully saturated rings. The van der Waals surface area contributed by atoms with Crippen LogP contribution >= 0.6 is 0 Å². The minimum Gasteiger partial charge on any atom is -0.497 e. The molecule has 10 rings (SSSR count). The van der Waals surface area contributed by atoms with Gasteiger partial charge in [-0.15, -0.1) is 0 Å². The Labute approximate surface area is 340 Å². The molecule has 1 aliphatic rings. The highest BCUT2D eigenvalue weighted by Crippen LogP contribution is 2.39. The van der Waals surface area contributed by atoms with Gasteiger partial charge in [0.25, 0.3) is 0 Å². The van der Waals surface area contributed by atoms with E-state index in [1.165, 1.54) is 72.4 Å². The Kier molecular flexibility index (Phi) is 9.25. The average Bonchev–Trinajstić information content (AvgIpc) is 3.65. The standard InChI is InChI=1S/C55H42N2O/c1-58-51-36-28-44(29-37-51)41-20-18-40(19-21-41)43-24-32-48(33-25-43)56(47-30-22-42(23-31-47)39-10-3-2-4-11-39)49-34-26-45(27-35-49)46-12-9-13-50(38-46)57-54-16-7-5-14-52(54)53-15-6-8-17-55(53)57/h2-5,7-14,16-38H,6,15H2,1H3. The van der Waals surface area contributed by atoms with Crippen LogP contribution in [0.25, 0.3) is 67.2 Å². The van der Waals surface area contributed by atoms with Crippen molar-refractivity contribution in [1.82, 2.24) is 4.57 Å². The van der Waals surface area contributed by atoms with Crippen LogP contribution in [0.2, 0.25) is 0 Å². The number of aromatic nitrogens is 1. The highest BCUT2D eigenvalue weighted by Gasteiger charge is 2.19. The third-order valence-corrected chi connectivity index (χ3v) is 11.4. The fraction of sp³-hybridized carbons (Fsp3) is 0.0545. The van der Waals surface area contributed by atoms with Crippen LogP contribution < -0.4 is 9.64 Å². The zero-order valence-electron chi connectivity index (χ0n) is 32.4. The maximum absolute atomic E-state index is 5.35. The van der Waals surface area contributed by atoms with Crippen molar-refractivity contribution in [3.8, 4) is 55.9 Å². The molecule has 1 aliphatic carbocycles. The van der Waals surface area contributed by atoms with Crippen LogP contribution in [0.3, 0.4) is 0 Å². The Morgan fingerprint density at radius 1 is 0.448 bits per heavy atom. The summed E-state index contributed by atoms with van der Waals surface area (Å²) in [6, 6.07) is 72.1. The van der Waals surface area contributed by atoms with Gasteiger partial charge in [-0.3, -0.25) is 0 Å². The molecule has 0 atom stereocenters. The van der Waals surface area contributed by atoms with Gasteiger partial charge < -0.3 is 14.2 Å². The molecule has 8 aromatic carbocycles. The summed E-state index contributed by atoms with van der Waals surface area (Å²) in [6.07, 6.45) is 6.77. The molecular weight excluding hydrogens is 705 g/mol. The number of ether oxygens (including phenoxy) is 1. The molecule has 0 amide bonds. The molecule has 0 bridgehead atoms. The summed E-state index contributed by atoms with van der Waals surface area (Å²) in [4.78, 5) is 2.34. The third kappa shape index (κ3) is 6.67. The summed E-state index contributed by atoms with van der Waals surface area (Å²) in [7, 11) is 1.70. The van der Waals surface area contributed by atoms with Gasteiger partial charge in [-0.2, -0.15) is 0 Å². The van der Waals surface area contributed by atoms with E-state index in [-0.39, 0.29) is 0 Å². The second kappa shape index (κ2) is 15.3. The monoisotopic (exact) mass is 746 g/mol. The maximum Gasteiger partial charge on any atom is 0.118 e. The van der Waals surface area contributed by atoms with E-state index in [1.807, 2.05) is 12.1 Å². The van der Waals surface area contributed by atoms with Gasteiger partial charge in [-0.05, 0) is 136 Å². The summed E-state index contributed by atoms with van der Waals surface area (Å²) in [6.45, 7) is 0. The minimum atomic E-state index is 0.862. The molecule has 278 valence electrons. The number of nitrogens with zero attached hydrogens (tertiary/aromatic N) is 2. The number of rotatable bonds is 9. The Balaban J connectivity index is 0.976. The Bertz CT molecular complexity index is 2870. The van der Waals surface area contributed by atoms with Crippen molar-refractivity contribution in [1.29, 1.82) is 0 Å². The number of anilines is 3. The number of fused-ring (bicyclic) bond motifs is 3. The van der Waals surface area contributed by atoms with Crippen LogP contribution in [0, 0.1) is 0 Å². The summed E-state index contributed by atoms with van der Waals surface area (Å²) >= 11 is 0. The first kappa shape index (κ1) is 35.1. The van der Waals surface area contributed by atoms with Gasteiger partial charge in [-0.25, -0.2) is 0 Å². The largest absolute Gasteiger partial charge is 0.497 e. The number of aryl methyl sites for hydroxylation is 1. The molecular formula is C55H42N2O. The Hall–Kier alpha value is -7.36. The highest BCUT2D eigenvalue weighted by atomic mass is 16.5. The van der Waals surface area contributed by atoms with E-state index < -0.39 is 0 Å². The average molecular weight is 747 g/mol. The predicted molar refractivity (Wildman–Crippen MR) is 244 cm³/mol. The topological polar surface area (TPSA) is 17.4 Å². The number of hydrogen-bond acceptors (Lipinski definition) is 2. The van der Waals surface area contributed by atoms with Gasteiger partial charge in [0.05, 0.1) is 12.6 Å². The van der Waals surface area contributed by atoms with Crippen LogP contribution in [0.1, 0.15) is 17.7 Å². The number of para-hydroxylation sites is 1. The van der Waals surface area contributed by atoms with Crippen LogP contribution in [-0.2, 0) is 6.42 Å². The van der Waals surface area contributed by atoms with Crippen molar-refractivity contribution < 1.29 is 4.74 Å². The second-order valence-corrected chi connectivity index (χ2v) is 14.9. The van der Waals surface area contributed by atoms with Gasteiger partial charge >= 0.3 is 0 Å². The molecule has 0 saturated heterocycles. The van der Waals surface area contributed by atoms with Crippen LogP contribution in [0.4, 0.5) is 17.1 Å². The fourth-order valence-corrected chi connectivity index (χ4v) is 8.42. The van der Waals surface area contributed by atoms with E-state index in [1.54, 1.807) is 7.11 Å². The summed E-state index contributed by atoms with van der Waals surface area (Å²) in [5, 5.41) is 1.35. The van der Waals surface area contributed by atoms with Gasteiger partial charge in [-0.1, -0.05) is 140 Å². The van der Waals surface area contributed by atoms with Crippen molar-refractivity contribution in [2.75, 3.05) is 12.0 Å².